The lowest BCUT2D eigenvalue weighted by Gasteiger charge is -2.13. The van der Waals surface area contributed by atoms with Gasteiger partial charge in [-0.2, -0.15) is 0 Å². The summed E-state index contributed by atoms with van der Waals surface area (Å²) in [6, 6.07) is 9.15. The Labute approximate surface area is 118 Å². The van der Waals surface area contributed by atoms with Crippen LogP contribution in [0.5, 0.6) is 0 Å². The number of hydrogen-bond donors (Lipinski definition) is 1. The molecule has 0 radical (unpaired) electrons. The van der Waals surface area contributed by atoms with E-state index in [2.05, 4.69) is 53.7 Å². The molecule has 100 valence electrons. The molecule has 1 aromatic heterocycles. The molecule has 2 heterocycles. The van der Waals surface area contributed by atoms with Crippen LogP contribution in [0.2, 0.25) is 0 Å². The minimum absolute atomic E-state index is 0.501. The Morgan fingerprint density at radius 1 is 1.26 bits per heavy atom. The third-order valence-electron chi connectivity index (χ3n) is 3.34. The molecule has 0 aliphatic carbocycles. The van der Waals surface area contributed by atoms with Gasteiger partial charge in [0.15, 0.2) is 5.13 Å². The van der Waals surface area contributed by atoms with Crippen LogP contribution in [0.3, 0.4) is 0 Å². The largest absolute Gasteiger partial charge is 0.339 e. The second-order valence-corrected chi connectivity index (χ2v) is 6.12. The van der Waals surface area contributed by atoms with Crippen molar-refractivity contribution in [2.24, 2.45) is 0 Å². The van der Waals surface area contributed by atoms with E-state index in [-0.39, 0.29) is 0 Å². The molecule has 0 spiro atoms. The first-order valence-electron chi connectivity index (χ1n) is 6.72. The number of anilines is 1. The highest BCUT2D eigenvalue weighted by molar-refractivity contribution is 7.13. The molecular formula is C15H19N3S. The standard InChI is InChI=1S/C15H19N3S/c1-11(2)16-7-14-10-19-15(17-14)18-8-12-5-3-4-6-13(12)9-18/h3-6,10-11,16H,7-9H2,1-2H3. The first kappa shape index (κ1) is 12.6. The lowest BCUT2D eigenvalue weighted by atomic mass is 10.1. The van der Waals surface area contributed by atoms with Crippen LogP contribution in [0, 0.1) is 0 Å². The Bertz CT molecular complexity index is 537. The van der Waals surface area contributed by atoms with Crippen molar-refractivity contribution in [3.8, 4) is 0 Å². The molecule has 1 aliphatic heterocycles. The van der Waals surface area contributed by atoms with Crippen molar-refractivity contribution >= 4 is 16.5 Å². The highest BCUT2D eigenvalue weighted by Crippen LogP contribution is 2.30. The van der Waals surface area contributed by atoms with Crippen molar-refractivity contribution < 1.29 is 0 Å². The first-order chi connectivity index (χ1) is 9.22. The lowest BCUT2D eigenvalue weighted by molar-refractivity contribution is 0.583. The minimum Gasteiger partial charge on any atom is -0.339 e. The average molecular weight is 273 g/mol. The number of hydrogen-bond acceptors (Lipinski definition) is 4. The Morgan fingerprint density at radius 3 is 2.58 bits per heavy atom. The normalized spacial score (nSPS) is 14.2. The molecule has 0 atom stereocenters. The van der Waals surface area contributed by atoms with Crippen molar-refractivity contribution in [2.45, 2.75) is 39.5 Å². The van der Waals surface area contributed by atoms with Gasteiger partial charge in [0.1, 0.15) is 0 Å². The molecule has 4 heteroatoms. The van der Waals surface area contributed by atoms with Gasteiger partial charge in [-0.1, -0.05) is 38.1 Å². The van der Waals surface area contributed by atoms with Gasteiger partial charge < -0.3 is 10.2 Å². The van der Waals surface area contributed by atoms with Gasteiger partial charge in [0.2, 0.25) is 0 Å². The van der Waals surface area contributed by atoms with Crippen LogP contribution in [0.25, 0.3) is 0 Å². The third-order valence-corrected chi connectivity index (χ3v) is 4.29. The van der Waals surface area contributed by atoms with E-state index in [0.29, 0.717) is 6.04 Å². The topological polar surface area (TPSA) is 28.2 Å². The number of nitrogens with one attached hydrogen (secondary N) is 1. The predicted molar refractivity (Wildman–Crippen MR) is 80.4 cm³/mol. The summed E-state index contributed by atoms with van der Waals surface area (Å²) in [7, 11) is 0. The van der Waals surface area contributed by atoms with Gasteiger partial charge in [0, 0.05) is 31.1 Å². The number of aromatic nitrogens is 1. The molecule has 0 bridgehead atoms. The fraction of sp³-hybridized carbons (Fsp3) is 0.400. The van der Waals surface area contributed by atoms with Crippen molar-refractivity contribution in [1.82, 2.24) is 10.3 Å². The van der Waals surface area contributed by atoms with Crippen LogP contribution in [-0.4, -0.2) is 11.0 Å². The van der Waals surface area contributed by atoms with Gasteiger partial charge in [0.05, 0.1) is 5.69 Å². The van der Waals surface area contributed by atoms with Crippen molar-refractivity contribution in [1.29, 1.82) is 0 Å². The molecule has 1 aromatic carbocycles. The molecule has 0 fully saturated rings. The summed E-state index contributed by atoms with van der Waals surface area (Å²) in [5.74, 6) is 0. The maximum absolute atomic E-state index is 4.73. The molecule has 19 heavy (non-hydrogen) atoms. The fourth-order valence-corrected chi connectivity index (χ4v) is 3.13. The van der Waals surface area contributed by atoms with E-state index < -0.39 is 0 Å². The van der Waals surface area contributed by atoms with Gasteiger partial charge in [-0.25, -0.2) is 4.98 Å². The van der Waals surface area contributed by atoms with Gasteiger partial charge in [-0.05, 0) is 11.1 Å². The summed E-state index contributed by atoms with van der Waals surface area (Å²) in [6.45, 7) is 7.14. The Hall–Kier alpha value is -1.39. The van der Waals surface area contributed by atoms with Crippen molar-refractivity contribution in [2.75, 3.05) is 4.90 Å². The van der Waals surface area contributed by atoms with Crippen molar-refractivity contribution in [3.63, 3.8) is 0 Å². The summed E-state index contributed by atoms with van der Waals surface area (Å²) in [5, 5.41) is 6.70. The SMILES string of the molecule is CC(C)NCc1csc(N2Cc3ccccc3C2)n1. The molecule has 1 aliphatic rings. The Balaban J connectivity index is 1.68. The molecule has 2 aromatic rings. The van der Waals surface area contributed by atoms with E-state index in [9.17, 15) is 0 Å². The summed E-state index contributed by atoms with van der Waals surface area (Å²) < 4.78 is 0. The van der Waals surface area contributed by atoms with Crippen LogP contribution in [0.4, 0.5) is 5.13 Å². The number of benzene rings is 1. The molecule has 0 saturated carbocycles. The zero-order chi connectivity index (χ0) is 13.2. The molecule has 0 saturated heterocycles. The minimum atomic E-state index is 0.501. The third kappa shape index (κ3) is 2.80. The number of nitrogens with zero attached hydrogens (tertiary/aromatic N) is 2. The van der Waals surface area contributed by atoms with E-state index in [1.165, 1.54) is 11.1 Å². The lowest BCUT2D eigenvalue weighted by Crippen LogP contribution is -2.22. The molecule has 3 nitrogen and oxygen atoms in total. The van der Waals surface area contributed by atoms with Crippen LogP contribution >= 0.6 is 11.3 Å². The van der Waals surface area contributed by atoms with E-state index in [0.717, 1.165) is 30.5 Å². The smallest absolute Gasteiger partial charge is 0.186 e. The van der Waals surface area contributed by atoms with Crippen LogP contribution in [0.1, 0.15) is 30.7 Å². The summed E-state index contributed by atoms with van der Waals surface area (Å²) >= 11 is 1.74. The maximum Gasteiger partial charge on any atom is 0.186 e. The molecule has 1 N–H and O–H groups in total. The highest BCUT2D eigenvalue weighted by atomic mass is 32.1. The zero-order valence-electron chi connectivity index (χ0n) is 11.4. The molecule has 3 rings (SSSR count). The van der Waals surface area contributed by atoms with Gasteiger partial charge in [0.25, 0.3) is 0 Å². The predicted octanol–water partition coefficient (Wildman–Crippen LogP) is 3.16. The Morgan fingerprint density at radius 2 is 1.95 bits per heavy atom. The number of fused-ring (bicyclic) bond motifs is 1. The van der Waals surface area contributed by atoms with E-state index in [4.69, 9.17) is 4.98 Å². The molecule has 0 amide bonds. The summed E-state index contributed by atoms with van der Waals surface area (Å²) in [6.07, 6.45) is 0. The monoisotopic (exact) mass is 273 g/mol. The molecule has 0 unspecified atom stereocenters. The van der Waals surface area contributed by atoms with Crippen molar-refractivity contribution in [3.05, 3.63) is 46.5 Å². The zero-order valence-corrected chi connectivity index (χ0v) is 12.2. The second kappa shape index (κ2) is 5.31. The molecular weight excluding hydrogens is 254 g/mol. The summed E-state index contributed by atoms with van der Waals surface area (Å²) in [5.41, 5.74) is 4.00. The van der Waals surface area contributed by atoms with Crippen LogP contribution < -0.4 is 10.2 Å². The average Bonchev–Trinajstić information content (AvgIpc) is 3.02. The second-order valence-electron chi connectivity index (χ2n) is 5.28. The van der Waals surface area contributed by atoms with Crippen LogP contribution in [-0.2, 0) is 19.6 Å². The van der Waals surface area contributed by atoms with Gasteiger partial charge in [-0.15, -0.1) is 11.3 Å². The number of rotatable bonds is 4. The summed E-state index contributed by atoms with van der Waals surface area (Å²) in [4.78, 5) is 7.08. The van der Waals surface area contributed by atoms with E-state index in [1.54, 1.807) is 11.3 Å². The van der Waals surface area contributed by atoms with E-state index in [1.807, 2.05) is 0 Å². The maximum atomic E-state index is 4.73. The first-order valence-corrected chi connectivity index (χ1v) is 7.60. The number of thiazole rings is 1. The Kier molecular flexibility index (Phi) is 3.53. The van der Waals surface area contributed by atoms with Gasteiger partial charge in [-0.3, -0.25) is 0 Å². The van der Waals surface area contributed by atoms with Crippen LogP contribution in [0.15, 0.2) is 29.6 Å². The fourth-order valence-electron chi connectivity index (χ4n) is 2.30. The van der Waals surface area contributed by atoms with Gasteiger partial charge >= 0.3 is 0 Å². The van der Waals surface area contributed by atoms with E-state index >= 15 is 0 Å². The quantitative estimate of drug-likeness (QED) is 0.927. The highest BCUT2D eigenvalue weighted by Gasteiger charge is 2.20.